The highest BCUT2D eigenvalue weighted by Crippen LogP contribution is 2.27. The normalized spacial score (nSPS) is 10.6. The number of aromatic amines is 2. The number of hydrogen-bond acceptors (Lipinski definition) is 4. The topological polar surface area (TPSA) is 91.5 Å². The first kappa shape index (κ1) is 12.2. The van der Waals surface area contributed by atoms with Gasteiger partial charge in [0.15, 0.2) is 12.1 Å². The predicted octanol–water partition coefficient (Wildman–Crippen LogP) is 1.82. The van der Waals surface area contributed by atoms with Crippen molar-refractivity contribution < 1.29 is 9.59 Å². The van der Waals surface area contributed by atoms with Gasteiger partial charge in [-0.1, -0.05) is 6.92 Å². The number of nitrogens with zero attached hydrogens (tertiary/aromatic N) is 2. The van der Waals surface area contributed by atoms with Crippen LogP contribution in [-0.2, 0) is 0 Å². The second kappa shape index (κ2) is 4.56. The van der Waals surface area contributed by atoms with Gasteiger partial charge in [-0.15, -0.1) is 0 Å². The number of aryl methyl sites for hydroxylation is 1. The zero-order chi connectivity index (χ0) is 13.3. The highest BCUT2D eigenvalue weighted by Gasteiger charge is 2.21. The standard InChI is InChI=1S/C12H14N4O2/c1-4-9(18)10-6(2)8(5-17)12(13-10)11-7(3)14-16-15-11/h5,13H,4H2,1-3H3,(H,14,15,16). The molecule has 18 heavy (non-hydrogen) atoms. The van der Waals surface area contributed by atoms with Crippen molar-refractivity contribution in [2.24, 2.45) is 0 Å². The first-order valence-electron chi connectivity index (χ1n) is 5.68. The molecule has 0 radical (unpaired) electrons. The fourth-order valence-electron chi connectivity index (χ4n) is 1.92. The lowest BCUT2D eigenvalue weighted by molar-refractivity contribution is 0.0983. The number of aldehydes is 1. The summed E-state index contributed by atoms with van der Waals surface area (Å²) < 4.78 is 0. The third-order valence-corrected chi connectivity index (χ3v) is 2.98. The van der Waals surface area contributed by atoms with Gasteiger partial charge in [0.2, 0.25) is 0 Å². The molecule has 0 saturated carbocycles. The van der Waals surface area contributed by atoms with Crippen LogP contribution in [0.1, 0.15) is 45.4 Å². The number of rotatable bonds is 4. The van der Waals surface area contributed by atoms with Crippen molar-refractivity contribution in [3.8, 4) is 11.4 Å². The molecule has 94 valence electrons. The monoisotopic (exact) mass is 246 g/mol. The maximum absolute atomic E-state index is 11.8. The van der Waals surface area contributed by atoms with E-state index >= 15 is 0 Å². The van der Waals surface area contributed by atoms with Gasteiger partial charge in [0.05, 0.1) is 17.1 Å². The van der Waals surface area contributed by atoms with Gasteiger partial charge in [-0.3, -0.25) is 9.59 Å². The zero-order valence-electron chi connectivity index (χ0n) is 10.5. The highest BCUT2D eigenvalue weighted by molar-refractivity contribution is 6.01. The summed E-state index contributed by atoms with van der Waals surface area (Å²) in [4.78, 5) is 26.0. The molecule has 0 saturated heterocycles. The van der Waals surface area contributed by atoms with Crippen LogP contribution >= 0.6 is 0 Å². The van der Waals surface area contributed by atoms with Crippen molar-refractivity contribution in [3.63, 3.8) is 0 Å². The minimum atomic E-state index is -0.0250. The average Bonchev–Trinajstić information content (AvgIpc) is 2.91. The number of aromatic nitrogens is 4. The van der Waals surface area contributed by atoms with Gasteiger partial charge in [-0.05, 0) is 19.4 Å². The molecular formula is C12H14N4O2. The lowest BCUT2D eigenvalue weighted by Gasteiger charge is -1.95. The van der Waals surface area contributed by atoms with E-state index in [4.69, 9.17) is 0 Å². The maximum Gasteiger partial charge on any atom is 0.179 e. The van der Waals surface area contributed by atoms with Gasteiger partial charge in [0.1, 0.15) is 5.69 Å². The molecule has 2 aromatic rings. The second-order valence-corrected chi connectivity index (χ2v) is 4.07. The molecule has 6 heteroatoms. The van der Waals surface area contributed by atoms with Crippen molar-refractivity contribution in [2.75, 3.05) is 0 Å². The Balaban J connectivity index is 2.65. The SMILES string of the molecule is CCC(=O)c1[nH]c(-c2n[nH]nc2C)c(C=O)c1C. The van der Waals surface area contributed by atoms with Crippen LogP contribution in [0, 0.1) is 13.8 Å². The Hall–Kier alpha value is -2.24. The van der Waals surface area contributed by atoms with Gasteiger partial charge in [0.25, 0.3) is 0 Å². The summed E-state index contributed by atoms with van der Waals surface area (Å²) in [6.45, 7) is 5.32. The van der Waals surface area contributed by atoms with Crippen LogP contribution in [-0.4, -0.2) is 32.5 Å². The van der Waals surface area contributed by atoms with E-state index in [1.165, 1.54) is 0 Å². The minimum Gasteiger partial charge on any atom is -0.350 e. The Bertz CT molecular complexity index is 610. The lowest BCUT2D eigenvalue weighted by Crippen LogP contribution is -1.99. The first-order chi connectivity index (χ1) is 8.60. The predicted molar refractivity (Wildman–Crippen MR) is 65.7 cm³/mol. The number of carbonyl (C=O) groups is 2. The molecule has 2 rings (SSSR count). The van der Waals surface area contributed by atoms with Crippen molar-refractivity contribution in [1.82, 2.24) is 20.4 Å². The molecule has 0 aromatic carbocycles. The van der Waals surface area contributed by atoms with Crippen LogP contribution in [0.5, 0.6) is 0 Å². The van der Waals surface area contributed by atoms with Crippen LogP contribution < -0.4 is 0 Å². The van der Waals surface area contributed by atoms with Crippen molar-refractivity contribution >= 4 is 12.1 Å². The highest BCUT2D eigenvalue weighted by atomic mass is 16.1. The average molecular weight is 246 g/mol. The van der Waals surface area contributed by atoms with E-state index in [0.29, 0.717) is 40.3 Å². The molecule has 6 nitrogen and oxygen atoms in total. The summed E-state index contributed by atoms with van der Waals surface area (Å²) in [6.07, 6.45) is 1.12. The van der Waals surface area contributed by atoms with Crippen LogP contribution in [0.15, 0.2) is 0 Å². The van der Waals surface area contributed by atoms with Gasteiger partial charge >= 0.3 is 0 Å². The van der Waals surface area contributed by atoms with Crippen molar-refractivity contribution in [2.45, 2.75) is 27.2 Å². The molecular weight excluding hydrogens is 232 g/mol. The van der Waals surface area contributed by atoms with E-state index in [0.717, 1.165) is 6.29 Å². The zero-order valence-corrected chi connectivity index (χ0v) is 10.5. The smallest absolute Gasteiger partial charge is 0.179 e. The largest absolute Gasteiger partial charge is 0.350 e. The van der Waals surface area contributed by atoms with Crippen LogP contribution in [0.3, 0.4) is 0 Å². The first-order valence-corrected chi connectivity index (χ1v) is 5.68. The Kier molecular flexibility index (Phi) is 3.10. The summed E-state index contributed by atoms with van der Waals surface area (Å²) in [5, 5.41) is 10.4. The molecule has 0 unspecified atom stereocenters. The molecule has 0 spiro atoms. The fraction of sp³-hybridized carbons (Fsp3) is 0.333. The number of ketones is 1. The van der Waals surface area contributed by atoms with Crippen LogP contribution in [0.25, 0.3) is 11.4 Å². The lowest BCUT2D eigenvalue weighted by atomic mass is 10.1. The molecule has 2 heterocycles. The van der Waals surface area contributed by atoms with E-state index in [1.54, 1.807) is 20.8 Å². The molecule has 0 aliphatic carbocycles. The molecule has 0 atom stereocenters. The molecule has 0 bridgehead atoms. The maximum atomic E-state index is 11.8. The number of carbonyl (C=O) groups excluding carboxylic acids is 2. The van der Waals surface area contributed by atoms with Crippen molar-refractivity contribution in [3.05, 3.63) is 22.5 Å². The molecule has 0 amide bonds. The summed E-state index contributed by atoms with van der Waals surface area (Å²) >= 11 is 0. The minimum absolute atomic E-state index is 0.0250. The van der Waals surface area contributed by atoms with E-state index in [9.17, 15) is 9.59 Å². The van der Waals surface area contributed by atoms with E-state index in [-0.39, 0.29) is 5.78 Å². The third kappa shape index (κ3) is 1.75. The van der Waals surface area contributed by atoms with Gasteiger partial charge in [-0.25, -0.2) is 0 Å². The second-order valence-electron chi connectivity index (χ2n) is 4.07. The fourth-order valence-corrected chi connectivity index (χ4v) is 1.92. The quantitative estimate of drug-likeness (QED) is 0.635. The molecule has 0 aliphatic rings. The molecule has 0 aliphatic heterocycles. The summed E-state index contributed by atoms with van der Waals surface area (Å²) in [6, 6.07) is 0. The van der Waals surface area contributed by atoms with E-state index in [1.807, 2.05) is 0 Å². The molecule has 2 N–H and O–H groups in total. The van der Waals surface area contributed by atoms with Crippen LogP contribution in [0.2, 0.25) is 0 Å². The van der Waals surface area contributed by atoms with Gasteiger partial charge in [-0.2, -0.15) is 15.4 Å². The number of hydrogen-bond donors (Lipinski definition) is 2. The van der Waals surface area contributed by atoms with Gasteiger partial charge in [0, 0.05) is 12.0 Å². The van der Waals surface area contributed by atoms with Crippen LogP contribution in [0.4, 0.5) is 0 Å². The Morgan fingerprint density at radius 3 is 2.56 bits per heavy atom. The van der Waals surface area contributed by atoms with Crippen molar-refractivity contribution in [1.29, 1.82) is 0 Å². The summed E-state index contributed by atoms with van der Waals surface area (Å²) in [5.74, 6) is -0.0250. The Labute approximate surface area is 104 Å². The third-order valence-electron chi connectivity index (χ3n) is 2.98. The molecule has 2 aromatic heterocycles. The Morgan fingerprint density at radius 2 is 2.06 bits per heavy atom. The van der Waals surface area contributed by atoms with Gasteiger partial charge < -0.3 is 4.98 Å². The molecule has 0 fully saturated rings. The number of Topliss-reactive ketones (excluding diaryl/α,β-unsaturated/α-hetero) is 1. The number of nitrogens with one attached hydrogen (secondary N) is 2. The summed E-state index contributed by atoms with van der Waals surface area (Å²) in [7, 11) is 0. The summed E-state index contributed by atoms with van der Waals surface area (Å²) in [5.41, 5.74) is 3.38. The van der Waals surface area contributed by atoms with E-state index < -0.39 is 0 Å². The number of H-pyrrole nitrogens is 2. The van der Waals surface area contributed by atoms with E-state index in [2.05, 4.69) is 20.4 Å². The Morgan fingerprint density at radius 1 is 1.33 bits per heavy atom.